The monoisotopic (exact) mass is 821 g/mol. The van der Waals surface area contributed by atoms with E-state index in [0.717, 1.165) is 50.1 Å². The number of nitrogens with zero attached hydrogens (tertiary/aromatic N) is 1. The van der Waals surface area contributed by atoms with Crippen LogP contribution in [0.2, 0.25) is 0 Å². The molecule has 12 aromatic rings. The fraction of sp³-hybridized carbons (Fsp3) is 0. The minimum Gasteiger partial charge on any atom is -0.456 e. The Morgan fingerprint density at radius 2 is 0.810 bits per heavy atom. The van der Waals surface area contributed by atoms with Gasteiger partial charge in [-0.3, -0.25) is 0 Å². The van der Waals surface area contributed by atoms with Gasteiger partial charge in [0.1, 0.15) is 11.2 Å². The van der Waals surface area contributed by atoms with Crippen LogP contribution in [0.15, 0.2) is 241 Å². The van der Waals surface area contributed by atoms with E-state index in [1.165, 1.54) is 64.7 Å². The number of para-hydroxylation sites is 1. The molecule has 0 unspecified atom stereocenters. The minimum absolute atomic E-state index is 0.894. The van der Waals surface area contributed by atoms with Gasteiger partial charge in [0.25, 0.3) is 0 Å². The van der Waals surface area contributed by atoms with E-state index in [4.69, 9.17) is 4.42 Å². The summed E-state index contributed by atoms with van der Waals surface area (Å²) in [6.45, 7) is 0. The molecular formula is C60H39NOS. The van der Waals surface area contributed by atoms with Crippen LogP contribution in [0.5, 0.6) is 0 Å². The number of benzene rings is 10. The average Bonchev–Trinajstić information content (AvgIpc) is 3.93. The molecule has 0 saturated carbocycles. The molecule has 10 aromatic carbocycles. The summed E-state index contributed by atoms with van der Waals surface area (Å²) in [4.78, 5) is 2.43. The lowest BCUT2D eigenvalue weighted by Crippen LogP contribution is -2.12. The van der Waals surface area contributed by atoms with Crippen LogP contribution in [0.3, 0.4) is 0 Å². The highest BCUT2D eigenvalue weighted by atomic mass is 32.1. The quantitative estimate of drug-likeness (QED) is 0.152. The van der Waals surface area contributed by atoms with Crippen molar-refractivity contribution in [2.75, 3.05) is 4.90 Å². The molecule has 0 radical (unpaired) electrons. The first-order valence-electron chi connectivity index (χ1n) is 21.4. The molecule has 0 fully saturated rings. The molecular weight excluding hydrogens is 783 g/mol. The van der Waals surface area contributed by atoms with Gasteiger partial charge >= 0.3 is 0 Å². The van der Waals surface area contributed by atoms with Gasteiger partial charge in [0.2, 0.25) is 0 Å². The van der Waals surface area contributed by atoms with Gasteiger partial charge in [-0.25, -0.2) is 0 Å². The molecule has 63 heavy (non-hydrogen) atoms. The van der Waals surface area contributed by atoms with Gasteiger partial charge in [0.05, 0.1) is 5.69 Å². The van der Waals surface area contributed by atoms with E-state index in [9.17, 15) is 0 Å². The van der Waals surface area contributed by atoms with Crippen LogP contribution >= 0.6 is 11.3 Å². The summed E-state index contributed by atoms with van der Waals surface area (Å²) in [6, 6.07) is 85.5. The first-order valence-corrected chi connectivity index (χ1v) is 22.2. The predicted molar refractivity (Wildman–Crippen MR) is 268 cm³/mol. The number of anilines is 3. The molecule has 0 aliphatic carbocycles. The van der Waals surface area contributed by atoms with E-state index in [0.29, 0.717) is 0 Å². The zero-order valence-corrected chi connectivity index (χ0v) is 35.1. The highest BCUT2D eigenvalue weighted by Gasteiger charge is 2.23. The maximum Gasteiger partial charge on any atom is 0.136 e. The number of fused-ring (bicyclic) bond motifs is 6. The molecule has 0 aliphatic heterocycles. The van der Waals surface area contributed by atoms with E-state index in [-0.39, 0.29) is 0 Å². The fourth-order valence-electron chi connectivity index (χ4n) is 9.28. The largest absolute Gasteiger partial charge is 0.456 e. The van der Waals surface area contributed by atoms with Gasteiger partial charge in [-0.05, 0) is 111 Å². The van der Waals surface area contributed by atoms with Gasteiger partial charge in [-0.2, -0.15) is 0 Å². The number of furan rings is 1. The van der Waals surface area contributed by atoms with Crippen molar-refractivity contribution in [3.05, 3.63) is 237 Å². The fourth-order valence-corrected chi connectivity index (χ4v) is 10.4. The van der Waals surface area contributed by atoms with E-state index in [1.54, 1.807) is 0 Å². The van der Waals surface area contributed by atoms with Crippen LogP contribution in [-0.4, -0.2) is 0 Å². The topological polar surface area (TPSA) is 16.4 Å². The van der Waals surface area contributed by atoms with Crippen molar-refractivity contribution in [3.8, 4) is 55.6 Å². The van der Waals surface area contributed by atoms with E-state index < -0.39 is 0 Å². The summed E-state index contributed by atoms with van der Waals surface area (Å²) in [5.74, 6) is 0. The normalized spacial score (nSPS) is 11.5. The standard InChI is InChI=1S/C60H39NOS/c1-3-14-42(15-4-1)48-18-7-8-21-54(48)60-49(43-16-5-2-6-17-43)22-13-23-55(60)61(46-32-26-40(27-33-46)44-30-36-51-50-19-9-11-24-56(50)62-57(51)38-44)47-34-28-41(29-35-47)45-31-37-53-52-20-10-12-25-58(52)63-59(53)39-45/h1-39H. The van der Waals surface area contributed by atoms with Gasteiger partial charge in [0.15, 0.2) is 0 Å². The molecule has 0 spiro atoms. The van der Waals surface area contributed by atoms with Crippen molar-refractivity contribution in [2.45, 2.75) is 0 Å². The van der Waals surface area contributed by atoms with Gasteiger partial charge in [-0.1, -0.05) is 176 Å². The average molecular weight is 822 g/mol. The first kappa shape index (κ1) is 36.8. The number of hydrogen-bond acceptors (Lipinski definition) is 3. The maximum absolute atomic E-state index is 6.31. The van der Waals surface area contributed by atoms with Crippen molar-refractivity contribution in [3.63, 3.8) is 0 Å². The third-order valence-corrected chi connectivity index (χ3v) is 13.5. The summed E-state index contributed by atoms with van der Waals surface area (Å²) in [6.07, 6.45) is 0. The van der Waals surface area contributed by atoms with Crippen LogP contribution in [0.1, 0.15) is 0 Å². The predicted octanol–water partition coefficient (Wildman–Crippen LogP) is 17.8. The van der Waals surface area contributed by atoms with Gasteiger partial charge in [-0.15, -0.1) is 11.3 Å². The highest BCUT2D eigenvalue weighted by Crippen LogP contribution is 2.48. The minimum atomic E-state index is 0.894. The Labute approximate surface area is 370 Å². The first-order chi connectivity index (χ1) is 31.2. The van der Waals surface area contributed by atoms with Crippen LogP contribution in [0, 0.1) is 0 Å². The Kier molecular flexibility index (Phi) is 9.06. The lowest BCUT2D eigenvalue weighted by molar-refractivity contribution is 0.669. The zero-order chi connectivity index (χ0) is 41.7. The lowest BCUT2D eigenvalue weighted by Gasteiger charge is -2.30. The molecule has 0 amide bonds. The molecule has 0 aliphatic rings. The molecule has 0 saturated heterocycles. The molecule has 2 aromatic heterocycles. The van der Waals surface area contributed by atoms with Crippen molar-refractivity contribution in [2.24, 2.45) is 0 Å². The number of hydrogen-bond donors (Lipinski definition) is 0. The molecule has 3 heteroatoms. The molecule has 0 bridgehead atoms. The Morgan fingerprint density at radius 1 is 0.302 bits per heavy atom. The summed E-state index contributed by atoms with van der Waals surface area (Å²) < 4.78 is 8.93. The second-order valence-corrected chi connectivity index (χ2v) is 17.1. The van der Waals surface area contributed by atoms with Gasteiger partial charge < -0.3 is 9.32 Å². The molecule has 2 nitrogen and oxygen atoms in total. The summed E-state index contributed by atoms with van der Waals surface area (Å²) in [5.41, 5.74) is 16.7. The Morgan fingerprint density at radius 3 is 1.52 bits per heavy atom. The van der Waals surface area contributed by atoms with Crippen molar-refractivity contribution < 1.29 is 4.42 Å². The van der Waals surface area contributed by atoms with Crippen LogP contribution < -0.4 is 4.90 Å². The molecule has 12 rings (SSSR count). The zero-order valence-electron chi connectivity index (χ0n) is 34.3. The van der Waals surface area contributed by atoms with Gasteiger partial charge in [0, 0.05) is 47.9 Å². The van der Waals surface area contributed by atoms with Crippen molar-refractivity contribution in [1.29, 1.82) is 0 Å². The Hall–Kier alpha value is -7.98. The highest BCUT2D eigenvalue weighted by molar-refractivity contribution is 7.25. The van der Waals surface area contributed by atoms with Crippen molar-refractivity contribution >= 4 is 70.5 Å². The number of thiophene rings is 1. The van der Waals surface area contributed by atoms with Crippen molar-refractivity contribution in [1.82, 2.24) is 0 Å². The molecule has 2 heterocycles. The van der Waals surface area contributed by atoms with E-state index >= 15 is 0 Å². The van der Waals surface area contributed by atoms with E-state index in [2.05, 4.69) is 229 Å². The van der Waals surface area contributed by atoms with Crippen LogP contribution in [0.4, 0.5) is 17.1 Å². The van der Waals surface area contributed by atoms with Crippen LogP contribution in [-0.2, 0) is 0 Å². The lowest BCUT2D eigenvalue weighted by atomic mass is 9.87. The van der Waals surface area contributed by atoms with E-state index in [1.807, 2.05) is 23.5 Å². The Balaban J connectivity index is 1.03. The third kappa shape index (κ3) is 6.58. The van der Waals surface area contributed by atoms with Crippen LogP contribution in [0.25, 0.3) is 97.7 Å². The molecule has 0 atom stereocenters. The summed E-state index contributed by atoms with van der Waals surface area (Å²) >= 11 is 1.86. The maximum atomic E-state index is 6.31. The second-order valence-electron chi connectivity index (χ2n) is 16.0. The molecule has 296 valence electrons. The summed E-state index contributed by atoms with van der Waals surface area (Å²) in [7, 11) is 0. The number of rotatable bonds is 8. The summed E-state index contributed by atoms with van der Waals surface area (Å²) in [5, 5.41) is 4.90. The molecule has 0 N–H and O–H groups in total. The smallest absolute Gasteiger partial charge is 0.136 e. The SMILES string of the molecule is c1ccc(-c2ccccc2-c2c(-c3ccccc3)cccc2N(c2ccc(-c3ccc4c(c3)oc3ccccc34)cc2)c2ccc(-c3ccc4c(c3)sc3ccccc34)cc2)cc1. The second kappa shape index (κ2) is 15.5. The Bertz CT molecular complexity index is 3450. The third-order valence-electron chi connectivity index (χ3n) is 12.3.